The van der Waals surface area contributed by atoms with Gasteiger partial charge < -0.3 is 9.47 Å². The Morgan fingerprint density at radius 2 is 1.93 bits per heavy atom. The Morgan fingerprint density at radius 1 is 1.27 bits per heavy atom. The minimum Gasteiger partial charge on any atom is -0.346 e. The lowest BCUT2D eigenvalue weighted by Gasteiger charge is -2.09. The van der Waals surface area contributed by atoms with Crippen LogP contribution in [-0.2, 0) is 19.3 Å². The maximum absolute atomic E-state index is 11.3. The topological polar surface area (TPSA) is 52.6 Å². The van der Waals surface area contributed by atoms with Crippen LogP contribution in [0.4, 0.5) is 0 Å². The maximum Gasteiger partial charge on any atom is 0.184 e. The predicted molar refractivity (Wildman–Crippen MR) is 54.2 cm³/mol. The maximum atomic E-state index is 11.3. The summed E-state index contributed by atoms with van der Waals surface area (Å²) in [6.45, 7) is 1.10. The molecule has 5 heteroatoms. The molecule has 0 atom stereocenters. The van der Waals surface area contributed by atoms with Crippen LogP contribution in [0.1, 0.15) is 11.9 Å². The Hall–Kier alpha value is -0.910. The minimum absolute atomic E-state index is 0.291. The van der Waals surface area contributed by atoms with Gasteiger partial charge in [0.2, 0.25) is 0 Å². The fourth-order valence-electron chi connectivity index (χ4n) is 1.44. The summed E-state index contributed by atoms with van der Waals surface area (Å²) >= 11 is 0. The third-order valence-corrected chi connectivity index (χ3v) is 3.29. The molecule has 0 amide bonds. The van der Waals surface area contributed by atoms with E-state index in [1.54, 1.807) is 24.3 Å². The smallest absolute Gasteiger partial charge is 0.184 e. The summed E-state index contributed by atoms with van der Waals surface area (Å²) in [6.07, 6.45) is 0.759. The molecule has 0 aliphatic carbocycles. The number of ether oxygens (including phenoxy) is 2. The van der Waals surface area contributed by atoms with Gasteiger partial charge >= 0.3 is 0 Å². The molecule has 82 valence electrons. The van der Waals surface area contributed by atoms with Gasteiger partial charge in [-0.05, 0) is 12.1 Å². The summed E-state index contributed by atoms with van der Waals surface area (Å²) in [7, 11) is -3.17. The first-order valence-electron chi connectivity index (χ1n) is 4.60. The highest BCUT2D eigenvalue weighted by atomic mass is 32.2. The van der Waals surface area contributed by atoms with Crippen molar-refractivity contribution in [3.05, 3.63) is 29.8 Å². The number of rotatable bonds is 2. The van der Waals surface area contributed by atoms with Crippen molar-refractivity contribution >= 4 is 9.84 Å². The first kappa shape index (κ1) is 10.6. The van der Waals surface area contributed by atoms with E-state index in [0.717, 1.165) is 5.56 Å². The Morgan fingerprint density at radius 3 is 2.53 bits per heavy atom. The molecule has 2 rings (SSSR count). The highest BCUT2D eigenvalue weighted by molar-refractivity contribution is 7.90. The Bertz CT molecular complexity index is 446. The average Bonchev–Trinajstić information content (AvgIpc) is 2.69. The van der Waals surface area contributed by atoms with Crippen molar-refractivity contribution in [3.63, 3.8) is 0 Å². The summed E-state index contributed by atoms with van der Waals surface area (Å²) in [5, 5.41) is 0. The molecule has 1 aromatic carbocycles. The van der Waals surface area contributed by atoms with E-state index >= 15 is 0 Å². The molecule has 0 N–H and O–H groups in total. The third kappa shape index (κ3) is 2.37. The highest BCUT2D eigenvalue weighted by Crippen LogP contribution is 2.24. The first-order valence-corrected chi connectivity index (χ1v) is 6.50. The molecule has 1 fully saturated rings. The molecular formula is C10H12O4S. The Balaban J connectivity index is 2.34. The van der Waals surface area contributed by atoms with Crippen LogP contribution in [0.5, 0.6) is 0 Å². The van der Waals surface area contributed by atoms with Gasteiger partial charge in [-0.3, -0.25) is 0 Å². The van der Waals surface area contributed by atoms with Gasteiger partial charge in [0.15, 0.2) is 16.1 Å². The van der Waals surface area contributed by atoms with Crippen LogP contribution in [0.25, 0.3) is 0 Å². The predicted octanol–water partition coefficient (Wildman–Crippen LogP) is 1.14. The van der Waals surface area contributed by atoms with Crippen molar-refractivity contribution in [1.29, 1.82) is 0 Å². The molecule has 0 bridgehead atoms. The summed E-state index contributed by atoms with van der Waals surface area (Å²) in [6, 6.07) is 6.64. The summed E-state index contributed by atoms with van der Waals surface area (Å²) in [5.41, 5.74) is 0.746. The fraction of sp³-hybridized carbons (Fsp3) is 0.400. The van der Waals surface area contributed by atoms with Crippen LogP contribution < -0.4 is 0 Å². The van der Waals surface area contributed by atoms with Crippen LogP contribution >= 0.6 is 0 Å². The zero-order chi connectivity index (χ0) is 10.9. The summed E-state index contributed by atoms with van der Waals surface area (Å²) in [5.74, 6) is 0. The normalized spacial score (nSPS) is 18.2. The van der Waals surface area contributed by atoms with Crippen molar-refractivity contribution in [2.24, 2.45) is 0 Å². The van der Waals surface area contributed by atoms with Crippen LogP contribution in [0.2, 0.25) is 0 Å². The first-order chi connectivity index (χ1) is 7.07. The molecule has 1 heterocycles. The zero-order valence-corrected chi connectivity index (χ0v) is 9.16. The van der Waals surface area contributed by atoms with E-state index in [1.807, 2.05) is 0 Å². The molecule has 0 aromatic heterocycles. The third-order valence-electron chi connectivity index (χ3n) is 2.18. The number of hydrogen-bond donors (Lipinski definition) is 0. The van der Waals surface area contributed by atoms with Gasteiger partial charge in [0.1, 0.15) is 0 Å². The van der Waals surface area contributed by atoms with E-state index in [4.69, 9.17) is 9.47 Å². The number of hydrogen-bond acceptors (Lipinski definition) is 4. The molecule has 0 unspecified atom stereocenters. The van der Waals surface area contributed by atoms with E-state index in [2.05, 4.69) is 0 Å². The zero-order valence-electron chi connectivity index (χ0n) is 8.34. The molecule has 0 radical (unpaired) electrons. The Kier molecular flexibility index (Phi) is 2.77. The minimum atomic E-state index is -3.17. The Labute approximate surface area is 88.7 Å². The number of sulfone groups is 1. The van der Waals surface area contributed by atoms with E-state index in [-0.39, 0.29) is 0 Å². The van der Waals surface area contributed by atoms with E-state index in [9.17, 15) is 8.42 Å². The molecule has 15 heavy (non-hydrogen) atoms. The van der Waals surface area contributed by atoms with E-state index < -0.39 is 16.1 Å². The summed E-state index contributed by atoms with van der Waals surface area (Å²) in [4.78, 5) is 0.291. The van der Waals surface area contributed by atoms with Gasteiger partial charge in [-0.1, -0.05) is 12.1 Å². The van der Waals surface area contributed by atoms with Crippen molar-refractivity contribution in [3.8, 4) is 0 Å². The standard InChI is InChI=1S/C10H12O4S/c1-15(11,12)9-4-2-3-8(7-9)10-13-5-6-14-10/h2-4,7,10H,5-6H2,1H3. The van der Waals surface area contributed by atoms with Gasteiger partial charge in [-0.15, -0.1) is 0 Å². The van der Waals surface area contributed by atoms with Crippen molar-refractivity contribution in [2.75, 3.05) is 19.5 Å². The van der Waals surface area contributed by atoms with Gasteiger partial charge in [-0.2, -0.15) is 0 Å². The molecule has 1 aromatic rings. The second kappa shape index (κ2) is 3.92. The van der Waals surface area contributed by atoms with Crippen LogP contribution in [0, 0.1) is 0 Å². The molecule has 0 spiro atoms. The lowest BCUT2D eigenvalue weighted by Crippen LogP contribution is -2.02. The quantitative estimate of drug-likeness (QED) is 0.761. The monoisotopic (exact) mass is 228 g/mol. The molecule has 1 aliphatic rings. The largest absolute Gasteiger partial charge is 0.346 e. The molecular weight excluding hydrogens is 216 g/mol. The number of benzene rings is 1. The van der Waals surface area contributed by atoms with E-state index in [0.29, 0.717) is 18.1 Å². The van der Waals surface area contributed by atoms with Gasteiger partial charge in [0, 0.05) is 11.8 Å². The molecule has 1 saturated heterocycles. The van der Waals surface area contributed by atoms with Gasteiger partial charge in [0.25, 0.3) is 0 Å². The van der Waals surface area contributed by atoms with E-state index in [1.165, 1.54) is 6.26 Å². The van der Waals surface area contributed by atoms with Crippen LogP contribution in [0.3, 0.4) is 0 Å². The van der Waals surface area contributed by atoms with Gasteiger partial charge in [0.05, 0.1) is 18.1 Å². The fourth-order valence-corrected chi connectivity index (χ4v) is 2.12. The lowest BCUT2D eigenvalue weighted by molar-refractivity contribution is -0.0442. The average molecular weight is 228 g/mol. The molecule has 4 nitrogen and oxygen atoms in total. The van der Waals surface area contributed by atoms with Crippen LogP contribution in [-0.4, -0.2) is 27.9 Å². The lowest BCUT2D eigenvalue weighted by atomic mass is 10.2. The summed E-state index contributed by atoms with van der Waals surface area (Å²) < 4.78 is 33.2. The SMILES string of the molecule is CS(=O)(=O)c1cccc(C2OCCO2)c1. The second-order valence-electron chi connectivity index (χ2n) is 3.42. The molecule has 0 saturated carbocycles. The van der Waals surface area contributed by atoms with Crippen molar-refractivity contribution < 1.29 is 17.9 Å². The second-order valence-corrected chi connectivity index (χ2v) is 5.43. The molecule has 1 aliphatic heterocycles. The van der Waals surface area contributed by atoms with Crippen molar-refractivity contribution in [2.45, 2.75) is 11.2 Å². The van der Waals surface area contributed by atoms with Crippen LogP contribution in [0.15, 0.2) is 29.2 Å². The highest BCUT2D eigenvalue weighted by Gasteiger charge is 2.19. The van der Waals surface area contributed by atoms with Crippen molar-refractivity contribution in [1.82, 2.24) is 0 Å². The van der Waals surface area contributed by atoms with Gasteiger partial charge in [-0.25, -0.2) is 8.42 Å².